The predicted octanol–water partition coefficient (Wildman–Crippen LogP) is 1.88. The Morgan fingerprint density at radius 2 is 2.00 bits per heavy atom. The van der Waals surface area contributed by atoms with Gasteiger partial charge in [-0.25, -0.2) is 0 Å². The number of fused-ring (bicyclic) bond motifs is 1. The van der Waals surface area contributed by atoms with Gasteiger partial charge in [0, 0.05) is 12.1 Å². The summed E-state index contributed by atoms with van der Waals surface area (Å²) in [5.41, 5.74) is 0.667. The van der Waals surface area contributed by atoms with E-state index in [2.05, 4.69) is 18.7 Å². The molecule has 1 unspecified atom stereocenters. The molecule has 0 spiro atoms. The second-order valence-electron chi connectivity index (χ2n) is 4.10. The largest absolute Gasteiger partial charge is 0.297 e. The molecule has 2 aliphatic rings. The first-order chi connectivity index (χ1) is 4.76. The molecule has 58 valence electrons. The molecule has 0 amide bonds. The van der Waals surface area contributed by atoms with E-state index in [0.717, 1.165) is 5.92 Å². The van der Waals surface area contributed by atoms with E-state index in [4.69, 9.17) is 0 Å². The third-order valence-corrected chi connectivity index (χ3v) is 3.56. The molecule has 0 aromatic heterocycles. The Labute approximate surface area is 63.4 Å². The lowest BCUT2D eigenvalue weighted by Gasteiger charge is -2.51. The van der Waals surface area contributed by atoms with Gasteiger partial charge in [-0.05, 0) is 31.7 Å². The average molecular weight is 139 g/mol. The van der Waals surface area contributed by atoms with Crippen molar-refractivity contribution in [2.45, 2.75) is 38.6 Å². The summed E-state index contributed by atoms with van der Waals surface area (Å²) in [6.07, 6.45) is 4.37. The zero-order valence-electron chi connectivity index (χ0n) is 7.06. The van der Waals surface area contributed by atoms with Crippen molar-refractivity contribution in [2.75, 3.05) is 13.1 Å². The van der Waals surface area contributed by atoms with Gasteiger partial charge in [-0.3, -0.25) is 4.90 Å². The predicted molar refractivity (Wildman–Crippen MR) is 43.0 cm³/mol. The Balaban J connectivity index is 2.14. The summed E-state index contributed by atoms with van der Waals surface area (Å²) in [4.78, 5) is 2.68. The van der Waals surface area contributed by atoms with Crippen LogP contribution >= 0.6 is 0 Å². The van der Waals surface area contributed by atoms with E-state index >= 15 is 0 Å². The number of rotatable bonds is 1. The van der Waals surface area contributed by atoms with E-state index in [0.29, 0.717) is 5.54 Å². The molecule has 1 nitrogen and oxygen atoms in total. The molecule has 1 heteroatoms. The van der Waals surface area contributed by atoms with Crippen molar-refractivity contribution in [1.29, 1.82) is 0 Å². The maximum absolute atomic E-state index is 2.68. The molecule has 10 heavy (non-hydrogen) atoms. The maximum Gasteiger partial charge on any atom is 0.0245 e. The quantitative estimate of drug-likeness (QED) is 0.536. The molecule has 2 fully saturated rings. The second-order valence-corrected chi connectivity index (χ2v) is 4.10. The van der Waals surface area contributed by atoms with E-state index in [1.54, 1.807) is 0 Å². The van der Waals surface area contributed by atoms with Crippen LogP contribution in [0.4, 0.5) is 0 Å². The van der Waals surface area contributed by atoms with Gasteiger partial charge in [0.1, 0.15) is 0 Å². The Kier molecular flexibility index (Phi) is 1.31. The van der Waals surface area contributed by atoms with Crippen LogP contribution in [0.1, 0.15) is 33.1 Å². The fourth-order valence-corrected chi connectivity index (χ4v) is 2.69. The van der Waals surface area contributed by atoms with Crippen molar-refractivity contribution in [3.63, 3.8) is 0 Å². The first-order valence-electron chi connectivity index (χ1n) is 4.51. The lowest BCUT2D eigenvalue weighted by atomic mass is 9.76. The van der Waals surface area contributed by atoms with E-state index in [-0.39, 0.29) is 0 Å². The van der Waals surface area contributed by atoms with Crippen LogP contribution in [0.25, 0.3) is 0 Å². The molecule has 0 saturated carbocycles. The zero-order chi connectivity index (χ0) is 7.19. The number of hydrogen-bond acceptors (Lipinski definition) is 1. The van der Waals surface area contributed by atoms with Crippen molar-refractivity contribution in [2.24, 2.45) is 5.92 Å². The highest BCUT2D eigenvalue weighted by Gasteiger charge is 2.49. The van der Waals surface area contributed by atoms with E-state index in [9.17, 15) is 0 Å². The summed E-state index contributed by atoms with van der Waals surface area (Å²) in [7, 11) is 0. The zero-order valence-corrected chi connectivity index (χ0v) is 7.06. The van der Waals surface area contributed by atoms with Gasteiger partial charge in [0.2, 0.25) is 0 Å². The Morgan fingerprint density at radius 3 is 2.30 bits per heavy atom. The summed E-state index contributed by atoms with van der Waals surface area (Å²) in [5, 5.41) is 0. The Bertz CT molecular complexity index is 142. The van der Waals surface area contributed by atoms with E-state index in [1.807, 2.05) is 0 Å². The minimum atomic E-state index is 0.667. The highest BCUT2D eigenvalue weighted by molar-refractivity contribution is 5.05. The summed E-state index contributed by atoms with van der Waals surface area (Å²) in [6.45, 7) is 7.49. The first kappa shape index (κ1) is 6.66. The molecule has 0 aliphatic carbocycles. The van der Waals surface area contributed by atoms with Crippen molar-refractivity contribution in [3.05, 3.63) is 0 Å². The van der Waals surface area contributed by atoms with Gasteiger partial charge >= 0.3 is 0 Å². The molecule has 0 aromatic rings. The minimum absolute atomic E-state index is 0.667. The highest BCUT2D eigenvalue weighted by Crippen LogP contribution is 2.45. The molecule has 0 bridgehead atoms. The summed E-state index contributed by atoms with van der Waals surface area (Å²) < 4.78 is 0. The van der Waals surface area contributed by atoms with E-state index < -0.39 is 0 Å². The van der Waals surface area contributed by atoms with E-state index in [1.165, 1.54) is 32.4 Å². The van der Waals surface area contributed by atoms with Crippen molar-refractivity contribution >= 4 is 0 Å². The van der Waals surface area contributed by atoms with Crippen molar-refractivity contribution < 1.29 is 0 Å². The van der Waals surface area contributed by atoms with Gasteiger partial charge in [-0.15, -0.1) is 0 Å². The van der Waals surface area contributed by atoms with Gasteiger partial charge in [-0.2, -0.15) is 0 Å². The fourth-order valence-electron chi connectivity index (χ4n) is 2.69. The molecule has 1 atom stereocenters. The third-order valence-electron chi connectivity index (χ3n) is 3.56. The van der Waals surface area contributed by atoms with Crippen LogP contribution in [0.15, 0.2) is 0 Å². The van der Waals surface area contributed by atoms with Crippen LogP contribution in [0.3, 0.4) is 0 Å². The van der Waals surface area contributed by atoms with Crippen LogP contribution in [0.2, 0.25) is 0 Å². The Hall–Kier alpha value is -0.0400. The van der Waals surface area contributed by atoms with Crippen LogP contribution < -0.4 is 0 Å². The highest BCUT2D eigenvalue weighted by atomic mass is 15.3. The summed E-state index contributed by atoms with van der Waals surface area (Å²) in [5.74, 6) is 0.878. The van der Waals surface area contributed by atoms with Gasteiger partial charge in [-0.1, -0.05) is 13.8 Å². The van der Waals surface area contributed by atoms with Crippen LogP contribution in [-0.4, -0.2) is 23.5 Å². The summed E-state index contributed by atoms with van der Waals surface area (Å²) >= 11 is 0. The lowest BCUT2D eigenvalue weighted by Crippen LogP contribution is -2.58. The van der Waals surface area contributed by atoms with Crippen molar-refractivity contribution in [1.82, 2.24) is 4.90 Å². The standard InChI is InChI=1S/C9H17N/c1-8(2)9-4-3-6-10(9)7-5-9/h8H,3-7H2,1-2H3. The van der Waals surface area contributed by atoms with Crippen LogP contribution in [-0.2, 0) is 0 Å². The normalized spacial score (nSPS) is 39.9. The molecule has 0 radical (unpaired) electrons. The van der Waals surface area contributed by atoms with Crippen molar-refractivity contribution in [3.8, 4) is 0 Å². The SMILES string of the molecule is CC(C)C12CCCN1CC2. The lowest BCUT2D eigenvalue weighted by molar-refractivity contribution is -0.0116. The average Bonchev–Trinajstić information content (AvgIpc) is 2.09. The van der Waals surface area contributed by atoms with Gasteiger partial charge in [0.15, 0.2) is 0 Å². The van der Waals surface area contributed by atoms with Gasteiger partial charge in [0.25, 0.3) is 0 Å². The number of nitrogens with zero attached hydrogens (tertiary/aromatic N) is 1. The molecular formula is C9H17N. The minimum Gasteiger partial charge on any atom is -0.297 e. The second kappa shape index (κ2) is 1.97. The number of hydrogen-bond donors (Lipinski definition) is 0. The molecule has 2 heterocycles. The Morgan fingerprint density at radius 1 is 1.20 bits per heavy atom. The fraction of sp³-hybridized carbons (Fsp3) is 1.00. The molecular weight excluding hydrogens is 122 g/mol. The molecule has 2 aliphatic heterocycles. The molecule has 0 N–H and O–H groups in total. The third kappa shape index (κ3) is 0.619. The maximum atomic E-state index is 2.68. The van der Waals surface area contributed by atoms with Crippen LogP contribution in [0.5, 0.6) is 0 Å². The molecule has 2 rings (SSSR count). The summed E-state index contributed by atoms with van der Waals surface area (Å²) in [6, 6.07) is 0. The topological polar surface area (TPSA) is 3.24 Å². The van der Waals surface area contributed by atoms with Gasteiger partial charge in [0.05, 0.1) is 0 Å². The van der Waals surface area contributed by atoms with Crippen LogP contribution in [0, 0.1) is 5.92 Å². The van der Waals surface area contributed by atoms with Gasteiger partial charge < -0.3 is 0 Å². The smallest absolute Gasteiger partial charge is 0.0245 e. The molecule has 0 aromatic carbocycles. The first-order valence-corrected chi connectivity index (χ1v) is 4.51. The molecule has 2 saturated heterocycles. The monoisotopic (exact) mass is 139 g/mol.